The van der Waals surface area contributed by atoms with Gasteiger partial charge in [-0.3, -0.25) is 9.48 Å². The van der Waals surface area contributed by atoms with E-state index in [0.717, 1.165) is 16.8 Å². The Bertz CT molecular complexity index is 919. The first-order valence-corrected chi connectivity index (χ1v) is 9.26. The van der Waals surface area contributed by atoms with Gasteiger partial charge in [-0.1, -0.05) is 75.4 Å². The maximum Gasteiger partial charge on any atom is 0.270 e. The zero-order valence-electron chi connectivity index (χ0n) is 16.7. The molecule has 0 radical (unpaired) electrons. The van der Waals surface area contributed by atoms with E-state index in [1.54, 1.807) is 11.7 Å². The maximum absolute atomic E-state index is 12.7. The molecule has 3 aromatic rings. The van der Waals surface area contributed by atoms with E-state index >= 15 is 0 Å². The monoisotopic (exact) mass is 361 g/mol. The van der Waals surface area contributed by atoms with Gasteiger partial charge in [0.15, 0.2) is 0 Å². The summed E-state index contributed by atoms with van der Waals surface area (Å²) in [6, 6.07) is 20.1. The van der Waals surface area contributed by atoms with Crippen LogP contribution in [0.3, 0.4) is 0 Å². The van der Waals surface area contributed by atoms with E-state index in [0.29, 0.717) is 5.69 Å². The molecule has 1 amide bonds. The minimum absolute atomic E-state index is 0.0666. The molecule has 140 valence electrons. The first-order chi connectivity index (χ1) is 12.8. The number of nitrogens with one attached hydrogen (secondary N) is 1. The van der Waals surface area contributed by atoms with E-state index in [9.17, 15) is 4.79 Å². The van der Waals surface area contributed by atoms with E-state index in [-0.39, 0.29) is 17.4 Å². The lowest BCUT2D eigenvalue weighted by atomic mass is 9.86. The van der Waals surface area contributed by atoms with Crippen molar-refractivity contribution in [1.82, 2.24) is 15.1 Å². The Labute approximate surface area is 161 Å². The molecule has 0 fully saturated rings. The Morgan fingerprint density at radius 1 is 1.04 bits per heavy atom. The van der Waals surface area contributed by atoms with Crippen LogP contribution in [0.2, 0.25) is 0 Å². The summed E-state index contributed by atoms with van der Waals surface area (Å²) in [6.07, 6.45) is 0. The molecule has 0 bridgehead atoms. The molecule has 1 aromatic heterocycles. The lowest BCUT2D eigenvalue weighted by Crippen LogP contribution is -2.28. The summed E-state index contributed by atoms with van der Waals surface area (Å²) >= 11 is 0. The molecule has 27 heavy (non-hydrogen) atoms. The molecule has 1 atom stereocenters. The van der Waals surface area contributed by atoms with Crippen molar-refractivity contribution in [3.8, 4) is 11.3 Å². The summed E-state index contributed by atoms with van der Waals surface area (Å²) in [6.45, 7) is 8.56. The van der Waals surface area contributed by atoms with Crippen LogP contribution in [-0.4, -0.2) is 15.7 Å². The highest BCUT2D eigenvalue weighted by Crippen LogP contribution is 2.26. The molecule has 0 aliphatic rings. The molecule has 2 aromatic carbocycles. The Hall–Kier alpha value is -2.88. The standard InChI is InChI=1S/C23H27N3O/c1-16(17-9-7-6-8-10-17)24-22(27)21-15-20(25-26(21)5)18-11-13-19(14-12-18)23(2,3)4/h6-16H,1-5H3,(H,24,27)/t16-/m1/s1. The number of amides is 1. The number of benzene rings is 2. The Morgan fingerprint density at radius 3 is 2.26 bits per heavy atom. The number of nitrogens with zero attached hydrogens (tertiary/aromatic N) is 2. The number of hydrogen-bond acceptors (Lipinski definition) is 2. The third-order valence-electron chi connectivity index (χ3n) is 4.81. The molecule has 1 N–H and O–H groups in total. The fraction of sp³-hybridized carbons (Fsp3) is 0.304. The van der Waals surface area contributed by atoms with Gasteiger partial charge in [0.1, 0.15) is 5.69 Å². The summed E-state index contributed by atoms with van der Waals surface area (Å²) in [5.74, 6) is -0.126. The molecular weight excluding hydrogens is 334 g/mol. The van der Waals surface area contributed by atoms with Crippen LogP contribution in [0.4, 0.5) is 0 Å². The molecule has 0 aliphatic heterocycles. The fourth-order valence-electron chi connectivity index (χ4n) is 3.06. The summed E-state index contributed by atoms with van der Waals surface area (Å²) in [5.41, 5.74) is 4.82. The first kappa shape index (κ1) is 18.9. The summed E-state index contributed by atoms with van der Waals surface area (Å²) in [4.78, 5) is 12.7. The molecule has 0 saturated heterocycles. The van der Waals surface area contributed by atoms with E-state index in [1.165, 1.54) is 5.56 Å². The van der Waals surface area contributed by atoms with Gasteiger partial charge in [-0.2, -0.15) is 5.10 Å². The lowest BCUT2D eigenvalue weighted by molar-refractivity contribution is 0.0930. The van der Waals surface area contributed by atoms with Crippen LogP contribution in [0.5, 0.6) is 0 Å². The quantitative estimate of drug-likeness (QED) is 0.720. The number of hydrogen-bond donors (Lipinski definition) is 1. The Balaban J connectivity index is 1.79. The molecule has 1 heterocycles. The predicted molar refractivity (Wildman–Crippen MR) is 110 cm³/mol. The van der Waals surface area contributed by atoms with E-state index < -0.39 is 0 Å². The third kappa shape index (κ3) is 4.27. The molecule has 4 heteroatoms. The van der Waals surface area contributed by atoms with Gasteiger partial charge in [-0.25, -0.2) is 0 Å². The smallest absolute Gasteiger partial charge is 0.270 e. The van der Waals surface area contributed by atoms with Gasteiger partial charge >= 0.3 is 0 Å². The number of rotatable bonds is 4. The summed E-state index contributed by atoms with van der Waals surface area (Å²) in [7, 11) is 1.80. The van der Waals surface area contributed by atoms with E-state index in [1.807, 2.05) is 43.3 Å². The Morgan fingerprint density at radius 2 is 1.67 bits per heavy atom. The highest BCUT2D eigenvalue weighted by Gasteiger charge is 2.18. The van der Waals surface area contributed by atoms with Gasteiger partial charge in [-0.15, -0.1) is 0 Å². The van der Waals surface area contributed by atoms with Gasteiger partial charge in [0.2, 0.25) is 0 Å². The predicted octanol–water partition coefficient (Wildman–Crippen LogP) is 4.88. The normalized spacial score (nSPS) is 12.6. The zero-order valence-corrected chi connectivity index (χ0v) is 16.7. The van der Waals surface area contributed by atoms with Gasteiger partial charge in [0, 0.05) is 12.6 Å². The van der Waals surface area contributed by atoms with Crippen LogP contribution in [0, 0.1) is 0 Å². The van der Waals surface area contributed by atoms with Crippen LogP contribution < -0.4 is 5.32 Å². The average molecular weight is 361 g/mol. The van der Waals surface area contributed by atoms with Crippen molar-refractivity contribution in [1.29, 1.82) is 0 Å². The van der Waals surface area contributed by atoms with E-state index in [4.69, 9.17) is 0 Å². The van der Waals surface area contributed by atoms with Crippen LogP contribution in [-0.2, 0) is 12.5 Å². The van der Waals surface area contributed by atoms with Crippen molar-refractivity contribution in [2.45, 2.75) is 39.2 Å². The van der Waals surface area contributed by atoms with E-state index in [2.05, 4.69) is 55.5 Å². The van der Waals surface area contributed by atoms with Crippen LogP contribution in [0.1, 0.15) is 55.4 Å². The van der Waals surface area contributed by atoms with Crippen molar-refractivity contribution in [2.24, 2.45) is 7.05 Å². The molecule has 0 unspecified atom stereocenters. The lowest BCUT2D eigenvalue weighted by Gasteiger charge is -2.18. The molecule has 3 rings (SSSR count). The molecule has 0 aliphatic carbocycles. The van der Waals surface area contributed by atoms with Crippen molar-refractivity contribution >= 4 is 5.91 Å². The average Bonchev–Trinajstić information content (AvgIpc) is 3.03. The van der Waals surface area contributed by atoms with Gasteiger partial charge in [0.25, 0.3) is 5.91 Å². The van der Waals surface area contributed by atoms with Crippen LogP contribution in [0.25, 0.3) is 11.3 Å². The molecule has 0 saturated carbocycles. The first-order valence-electron chi connectivity index (χ1n) is 9.26. The second-order valence-electron chi connectivity index (χ2n) is 7.97. The Kier molecular flexibility index (Phi) is 5.17. The minimum Gasteiger partial charge on any atom is -0.344 e. The second kappa shape index (κ2) is 7.39. The maximum atomic E-state index is 12.7. The molecule has 0 spiro atoms. The van der Waals surface area contributed by atoms with Gasteiger partial charge in [0.05, 0.1) is 11.7 Å². The number of aryl methyl sites for hydroxylation is 1. The van der Waals surface area contributed by atoms with Crippen LogP contribution >= 0.6 is 0 Å². The molecule has 4 nitrogen and oxygen atoms in total. The number of aromatic nitrogens is 2. The molecular formula is C23H27N3O. The fourth-order valence-corrected chi connectivity index (χ4v) is 3.06. The van der Waals surface area contributed by atoms with Crippen molar-refractivity contribution in [2.75, 3.05) is 0 Å². The number of carbonyl (C=O) groups is 1. The SMILES string of the molecule is C[C@@H](NC(=O)c1cc(-c2ccc(C(C)(C)C)cc2)nn1C)c1ccccc1. The van der Waals surface area contributed by atoms with Gasteiger partial charge < -0.3 is 5.32 Å². The number of carbonyl (C=O) groups excluding carboxylic acids is 1. The van der Waals surface area contributed by atoms with Crippen molar-refractivity contribution < 1.29 is 4.79 Å². The van der Waals surface area contributed by atoms with Crippen molar-refractivity contribution in [3.05, 3.63) is 77.5 Å². The summed E-state index contributed by atoms with van der Waals surface area (Å²) < 4.78 is 1.64. The second-order valence-corrected chi connectivity index (χ2v) is 7.97. The summed E-state index contributed by atoms with van der Waals surface area (Å²) in [5, 5.41) is 7.58. The zero-order chi connectivity index (χ0) is 19.6. The highest BCUT2D eigenvalue weighted by atomic mass is 16.2. The van der Waals surface area contributed by atoms with Crippen LogP contribution in [0.15, 0.2) is 60.7 Å². The topological polar surface area (TPSA) is 46.9 Å². The third-order valence-corrected chi connectivity index (χ3v) is 4.81. The minimum atomic E-state index is -0.126. The highest BCUT2D eigenvalue weighted by molar-refractivity contribution is 5.94. The van der Waals surface area contributed by atoms with Crippen molar-refractivity contribution in [3.63, 3.8) is 0 Å². The largest absolute Gasteiger partial charge is 0.344 e. The van der Waals surface area contributed by atoms with Gasteiger partial charge in [-0.05, 0) is 29.5 Å².